The van der Waals surface area contributed by atoms with Crippen LogP contribution in [0.5, 0.6) is 5.75 Å². The average Bonchev–Trinajstić information content (AvgIpc) is 2.70. The molecular weight excluding hydrogens is 376 g/mol. The zero-order valence-electron chi connectivity index (χ0n) is 16.7. The van der Waals surface area contributed by atoms with Crippen molar-refractivity contribution in [2.75, 3.05) is 26.2 Å². The van der Waals surface area contributed by atoms with E-state index < -0.39 is 10.0 Å². The first-order valence-electron chi connectivity index (χ1n) is 9.47. The summed E-state index contributed by atoms with van der Waals surface area (Å²) in [6.45, 7) is 7.13. The van der Waals surface area contributed by atoms with Gasteiger partial charge in [0, 0.05) is 19.6 Å². The highest BCUT2D eigenvalue weighted by Crippen LogP contribution is 2.21. The van der Waals surface area contributed by atoms with Gasteiger partial charge < -0.3 is 9.64 Å². The lowest BCUT2D eigenvalue weighted by Gasteiger charge is -2.26. The van der Waals surface area contributed by atoms with Gasteiger partial charge in [-0.3, -0.25) is 4.79 Å². The number of likely N-dealkylation sites (N-methyl/N-ethyl adjacent to an activating group) is 1. The largest absolute Gasteiger partial charge is 0.494 e. The molecule has 28 heavy (non-hydrogen) atoms. The summed E-state index contributed by atoms with van der Waals surface area (Å²) in [5.74, 6) is 0.394. The Labute approximate surface area is 167 Å². The van der Waals surface area contributed by atoms with E-state index in [1.54, 1.807) is 17.0 Å². The molecule has 0 saturated heterocycles. The zero-order valence-corrected chi connectivity index (χ0v) is 17.5. The zero-order chi connectivity index (χ0) is 20.6. The SMILES string of the molecule is CCOc1ccc(S(=O)(=O)N(CC(=O)N(CC)CC)Cc2ccccc2)cc1. The normalized spacial score (nSPS) is 11.4. The summed E-state index contributed by atoms with van der Waals surface area (Å²) in [6, 6.07) is 15.6. The van der Waals surface area contributed by atoms with Crippen LogP contribution >= 0.6 is 0 Å². The van der Waals surface area contributed by atoms with Crippen molar-refractivity contribution in [3.8, 4) is 5.75 Å². The van der Waals surface area contributed by atoms with Crippen molar-refractivity contribution in [1.29, 1.82) is 0 Å². The van der Waals surface area contributed by atoms with Crippen LogP contribution in [0.15, 0.2) is 59.5 Å². The van der Waals surface area contributed by atoms with Crippen LogP contribution in [0.1, 0.15) is 26.3 Å². The van der Waals surface area contributed by atoms with Crippen LogP contribution in [-0.4, -0.2) is 49.8 Å². The lowest BCUT2D eigenvalue weighted by Crippen LogP contribution is -2.42. The second-order valence-electron chi connectivity index (χ2n) is 6.23. The van der Waals surface area contributed by atoms with Crippen molar-refractivity contribution >= 4 is 15.9 Å². The van der Waals surface area contributed by atoms with Gasteiger partial charge in [-0.2, -0.15) is 4.31 Å². The Morgan fingerprint density at radius 2 is 1.54 bits per heavy atom. The maximum atomic E-state index is 13.3. The molecule has 0 bridgehead atoms. The van der Waals surface area contributed by atoms with Crippen LogP contribution in [0.3, 0.4) is 0 Å². The maximum absolute atomic E-state index is 13.3. The predicted molar refractivity (Wildman–Crippen MR) is 110 cm³/mol. The van der Waals surface area contributed by atoms with E-state index in [4.69, 9.17) is 4.74 Å². The van der Waals surface area contributed by atoms with Crippen molar-refractivity contribution in [1.82, 2.24) is 9.21 Å². The number of benzene rings is 2. The van der Waals surface area contributed by atoms with Crippen LogP contribution in [0.25, 0.3) is 0 Å². The molecule has 1 amide bonds. The first-order chi connectivity index (χ1) is 13.4. The predicted octanol–water partition coefficient (Wildman–Crippen LogP) is 3.14. The topological polar surface area (TPSA) is 66.9 Å². The second kappa shape index (κ2) is 10.2. The summed E-state index contributed by atoms with van der Waals surface area (Å²) >= 11 is 0. The lowest BCUT2D eigenvalue weighted by molar-refractivity contribution is -0.131. The summed E-state index contributed by atoms with van der Waals surface area (Å²) in [6.07, 6.45) is 0. The minimum absolute atomic E-state index is 0.128. The molecule has 0 radical (unpaired) electrons. The number of amides is 1. The van der Waals surface area contributed by atoms with Crippen molar-refractivity contribution < 1.29 is 17.9 Å². The molecule has 6 nitrogen and oxygen atoms in total. The first kappa shape index (κ1) is 21.9. The Kier molecular flexibility index (Phi) is 8.02. The molecule has 7 heteroatoms. The summed E-state index contributed by atoms with van der Waals surface area (Å²) < 4.78 is 33.1. The molecule has 0 N–H and O–H groups in total. The van der Waals surface area contributed by atoms with Crippen LogP contribution in [0.2, 0.25) is 0 Å². The highest BCUT2D eigenvalue weighted by Gasteiger charge is 2.28. The molecule has 0 heterocycles. The standard InChI is InChI=1S/C21H28N2O4S/c1-4-22(5-2)21(24)17-23(16-18-10-8-7-9-11-18)28(25,26)20-14-12-19(13-15-20)27-6-3/h7-15H,4-6,16-17H2,1-3H3. The Hall–Kier alpha value is -2.38. The minimum Gasteiger partial charge on any atom is -0.494 e. The summed E-state index contributed by atoms with van der Waals surface area (Å²) in [5.41, 5.74) is 0.823. The van der Waals surface area contributed by atoms with Gasteiger partial charge in [0.2, 0.25) is 15.9 Å². The smallest absolute Gasteiger partial charge is 0.243 e. The van der Waals surface area contributed by atoms with E-state index in [2.05, 4.69) is 0 Å². The quantitative estimate of drug-likeness (QED) is 0.610. The number of hydrogen-bond acceptors (Lipinski definition) is 4. The lowest BCUT2D eigenvalue weighted by atomic mass is 10.2. The molecule has 0 aromatic heterocycles. The molecule has 0 unspecified atom stereocenters. The Morgan fingerprint density at radius 3 is 2.07 bits per heavy atom. The van der Waals surface area contributed by atoms with Gasteiger partial charge in [-0.1, -0.05) is 30.3 Å². The van der Waals surface area contributed by atoms with E-state index in [0.717, 1.165) is 5.56 Å². The molecule has 2 rings (SSSR count). The third-order valence-electron chi connectivity index (χ3n) is 4.40. The Balaban J connectivity index is 2.33. The third-order valence-corrected chi connectivity index (χ3v) is 6.21. The first-order valence-corrected chi connectivity index (χ1v) is 10.9. The molecule has 0 aliphatic heterocycles. The molecule has 0 spiro atoms. The Bertz CT molecular complexity index is 848. The minimum atomic E-state index is -3.85. The van der Waals surface area contributed by atoms with Crippen LogP contribution in [0.4, 0.5) is 0 Å². The Morgan fingerprint density at radius 1 is 0.929 bits per heavy atom. The summed E-state index contributed by atoms with van der Waals surface area (Å²) in [7, 11) is -3.85. The fraction of sp³-hybridized carbons (Fsp3) is 0.381. The van der Waals surface area contributed by atoms with E-state index in [1.165, 1.54) is 16.4 Å². The van der Waals surface area contributed by atoms with Crippen LogP contribution in [-0.2, 0) is 21.4 Å². The van der Waals surface area contributed by atoms with Gasteiger partial charge in [-0.05, 0) is 50.6 Å². The van der Waals surface area contributed by atoms with Gasteiger partial charge in [0.05, 0.1) is 18.0 Å². The molecule has 0 aliphatic carbocycles. The molecule has 2 aromatic carbocycles. The summed E-state index contributed by atoms with van der Waals surface area (Å²) in [4.78, 5) is 14.4. The van der Waals surface area contributed by atoms with Gasteiger partial charge >= 0.3 is 0 Å². The van der Waals surface area contributed by atoms with Crippen LogP contribution in [0, 0.1) is 0 Å². The van der Waals surface area contributed by atoms with E-state index >= 15 is 0 Å². The summed E-state index contributed by atoms with van der Waals surface area (Å²) in [5, 5.41) is 0. The molecule has 0 atom stereocenters. The number of carbonyl (C=O) groups excluding carboxylic acids is 1. The van der Waals surface area contributed by atoms with Crippen molar-refractivity contribution in [2.45, 2.75) is 32.2 Å². The van der Waals surface area contributed by atoms with Crippen molar-refractivity contribution in [3.05, 3.63) is 60.2 Å². The van der Waals surface area contributed by atoms with Gasteiger partial charge in [0.15, 0.2) is 0 Å². The number of sulfonamides is 1. The fourth-order valence-corrected chi connectivity index (χ4v) is 4.24. The highest BCUT2D eigenvalue weighted by molar-refractivity contribution is 7.89. The maximum Gasteiger partial charge on any atom is 0.243 e. The van der Waals surface area contributed by atoms with Crippen molar-refractivity contribution in [2.24, 2.45) is 0 Å². The third kappa shape index (κ3) is 5.56. The number of hydrogen-bond donors (Lipinski definition) is 0. The van der Waals surface area contributed by atoms with Gasteiger partial charge in [-0.25, -0.2) is 8.42 Å². The molecule has 2 aromatic rings. The molecule has 152 valence electrons. The number of nitrogens with zero attached hydrogens (tertiary/aromatic N) is 2. The van der Waals surface area contributed by atoms with Crippen LogP contribution < -0.4 is 4.74 Å². The number of rotatable bonds is 10. The van der Waals surface area contributed by atoms with Gasteiger partial charge in [0.25, 0.3) is 0 Å². The van der Waals surface area contributed by atoms with E-state index in [0.29, 0.717) is 25.4 Å². The van der Waals surface area contributed by atoms with E-state index in [1.807, 2.05) is 51.1 Å². The highest BCUT2D eigenvalue weighted by atomic mass is 32.2. The van der Waals surface area contributed by atoms with Gasteiger partial charge in [0.1, 0.15) is 5.75 Å². The molecule has 0 aliphatic rings. The van der Waals surface area contributed by atoms with Crippen molar-refractivity contribution in [3.63, 3.8) is 0 Å². The fourth-order valence-electron chi connectivity index (χ4n) is 2.86. The monoisotopic (exact) mass is 404 g/mol. The van der Waals surface area contributed by atoms with E-state index in [-0.39, 0.29) is 23.9 Å². The molecule has 0 saturated carbocycles. The average molecular weight is 405 g/mol. The molecular formula is C21H28N2O4S. The number of carbonyl (C=O) groups is 1. The van der Waals surface area contributed by atoms with Gasteiger partial charge in [-0.15, -0.1) is 0 Å². The second-order valence-corrected chi connectivity index (χ2v) is 8.17. The number of ether oxygens (including phenoxy) is 1. The molecule has 0 fully saturated rings. The van der Waals surface area contributed by atoms with E-state index in [9.17, 15) is 13.2 Å².